The zero-order valence-electron chi connectivity index (χ0n) is 21.0. The molecule has 194 valence electrons. The Hall–Kier alpha value is -2.84. The zero-order valence-corrected chi connectivity index (χ0v) is 21.0. The molecule has 0 spiro atoms. The lowest BCUT2D eigenvalue weighted by molar-refractivity contribution is 0.0506. The summed E-state index contributed by atoms with van der Waals surface area (Å²) >= 11 is 0. The molecule has 2 amide bonds. The third-order valence-corrected chi connectivity index (χ3v) is 7.52. The maximum Gasteiger partial charge on any atom is 0.321 e. The molecule has 0 aliphatic carbocycles. The van der Waals surface area contributed by atoms with Crippen LogP contribution in [-0.2, 0) is 5.54 Å². The molecule has 4 rings (SSSR count). The van der Waals surface area contributed by atoms with Crippen LogP contribution in [0.5, 0.6) is 0 Å². The Labute approximate surface area is 211 Å². The monoisotopic (exact) mass is 500 g/mol. The Balaban J connectivity index is 1.78. The van der Waals surface area contributed by atoms with Gasteiger partial charge in [-0.05, 0) is 74.7 Å². The Morgan fingerprint density at radius 2 is 1.92 bits per heavy atom. The highest BCUT2D eigenvalue weighted by molar-refractivity contribution is 5.83. The molecule has 1 fully saturated rings. The number of hydrogen-bond donors (Lipinski definition) is 1. The van der Waals surface area contributed by atoms with Crippen molar-refractivity contribution in [3.63, 3.8) is 0 Å². The van der Waals surface area contributed by atoms with Crippen LogP contribution in [0.3, 0.4) is 0 Å². The second-order valence-corrected chi connectivity index (χ2v) is 9.94. The molecule has 2 aromatic carbocycles. The Morgan fingerprint density at radius 1 is 1.17 bits per heavy atom. The zero-order chi connectivity index (χ0) is 25.9. The van der Waals surface area contributed by atoms with Crippen LogP contribution < -0.4 is 5.73 Å². The summed E-state index contributed by atoms with van der Waals surface area (Å²) < 4.78 is 44.0. The molecule has 2 aliphatic rings. The van der Waals surface area contributed by atoms with Gasteiger partial charge in [-0.25, -0.2) is 18.0 Å². The molecule has 1 saturated heterocycles. The quantitative estimate of drug-likeness (QED) is 0.557. The van der Waals surface area contributed by atoms with Gasteiger partial charge in [-0.3, -0.25) is 0 Å². The third-order valence-electron chi connectivity index (χ3n) is 7.52. The number of carbonyl (C=O) groups is 1. The number of nitrogens with two attached hydrogens (primary N) is 1. The number of hydrogen-bond acceptors (Lipinski definition) is 3. The van der Waals surface area contributed by atoms with Crippen LogP contribution in [0.2, 0.25) is 0 Å². The highest BCUT2D eigenvalue weighted by atomic mass is 19.1. The van der Waals surface area contributed by atoms with Crippen LogP contribution in [0.4, 0.5) is 18.0 Å². The van der Waals surface area contributed by atoms with Gasteiger partial charge < -0.3 is 20.4 Å². The number of rotatable bonds is 7. The van der Waals surface area contributed by atoms with Crippen molar-refractivity contribution >= 4 is 11.6 Å². The number of carbonyl (C=O) groups excluding carboxylic acids is 1. The first-order valence-electron chi connectivity index (χ1n) is 12.6. The summed E-state index contributed by atoms with van der Waals surface area (Å²) in [5.74, 6) is -1.09. The Bertz CT molecular complexity index is 1100. The van der Waals surface area contributed by atoms with E-state index in [1.807, 2.05) is 48.4 Å². The van der Waals surface area contributed by atoms with E-state index in [9.17, 15) is 13.6 Å². The molecule has 8 heteroatoms. The summed E-state index contributed by atoms with van der Waals surface area (Å²) in [5, 5.41) is 0. The molecule has 2 heterocycles. The second kappa shape index (κ2) is 11.0. The van der Waals surface area contributed by atoms with E-state index in [0.29, 0.717) is 31.5 Å². The predicted octanol–water partition coefficient (Wildman–Crippen LogP) is 4.78. The van der Waals surface area contributed by atoms with Crippen molar-refractivity contribution in [2.24, 2.45) is 5.73 Å². The van der Waals surface area contributed by atoms with E-state index in [0.717, 1.165) is 30.5 Å². The maximum absolute atomic E-state index is 15.0. The minimum Gasteiger partial charge on any atom is -0.330 e. The molecule has 2 unspecified atom stereocenters. The minimum atomic E-state index is -1.17. The molecule has 0 radical (unpaired) electrons. The fraction of sp³-hybridized carbons (Fsp3) is 0.464. The minimum absolute atomic E-state index is 0.0879. The lowest BCUT2D eigenvalue weighted by Gasteiger charge is -2.44. The smallest absolute Gasteiger partial charge is 0.321 e. The van der Waals surface area contributed by atoms with E-state index in [4.69, 9.17) is 5.73 Å². The number of piperidine rings is 1. The van der Waals surface area contributed by atoms with Crippen LogP contribution in [-0.4, -0.2) is 73.2 Å². The first-order valence-corrected chi connectivity index (χ1v) is 12.6. The number of likely N-dealkylation sites (tertiary alicyclic amines) is 1. The number of amides is 2. The molecule has 2 aromatic rings. The van der Waals surface area contributed by atoms with Gasteiger partial charge in [0, 0.05) is 32.2 Å². The van der Waals surface area contributed by atoms with Gasteiger partial charge in [-0.1, -0.05) is 30.3 Å². The van der Waals surface area contributed by atoms with E-state index in [1.54, 1.807) is 11.9 Å². The largest absolute Gasteiger partial charge is 0.330 e. The van der Waals surface area contributed by atoms with Crippen molar-refractivity contribution in [3.8, 4) is 0 Å². The van der Waals surface area contributed by atoms with Crippen LogP contribution in [0.25, 0.3) is 5.57 Å². The van der Waals surface area contributed by atoms with Crippen LogP contribution in [0.1, 0.15) is 36.8 Å². The van der Waals surface area contributed by atoms with Gasteiger partial charge in [0.15, 0.2) is 0 Å². The SMILES string of the molecule is CN1CCC(N(C)C(=O)N2CC(c3cc(F)ccc3F)=C[C@@]2(CCCCN)c2ccccc2)C(F)C1. The molecular weight excluding hydrogens is 465 g/mol. The second-order valence-electron chi connectivity index (χ2n) is 9.94. The lowest BCUT2D eigenvalue weighted by atomic mass is 9.83. The summed E-state index contributed by atoms with van der Waals surface area (Å²) in [4.78, 5) is 19.2. The molecule has 3 atom stereocenters. The molecule has 0 aromatic heterocycles. The van der Waals surface area contributed by atoms with Crippen LogP contribution in [0, 0.1) is 11.6 Å². The van der Waals surface area contributed by atoms with Gasteiger partial charge >= 0.3 is 6.03 Å². The van der Waals surface area contributed by atoms with Crippen LogP contribution in [0.15, 0.2) is 54.6 Å². The van der Waals surface area contributed by atoms with Gasteiger partial charge in [-0.2, -0.15) is 0 Å². The average molecular weight is 501 g/mol. The summed E-state index contributed by atoms with van der Waals surface area (Å²) in [7, 11) is 3.51. The highest BCUT2D eigenvalue weighted by Gasteiger charge is 2.47. The molecule has 5 nitrogen and oxygen atoms in total. The van der Waals surface area contributed by atoms with Gasteiger partial charge in [0.25, 0.3) is 0 Å². The first-order chi connectivity index (χ1) is 17.3. The van der Waals surface area contributed by atoms with Crippen LogP contribution >= 0.6 is 0 Å². The fourth-order valence-corrected chi connectivity index (χ4v) is 5.54. The molecule has 36 heavy (non-hydrogen) atoms. The topological polar surface area (TPSA) is 52.8 Å². The van der Waals surface area contributed by atoms with Crippen molar-refractivity contribution in [2.75, 3.05) is 40.3 Å². The van der Waals surface area contributed by atoms with Gasteiger partial charge in [0.05, 0.1) is 11.6 Å². The number of halogens is 3. The summed E-state index contributed by atoms with van der Waals surface area (Å²) in [5.41, 5.74) is 6.42. The summed E-state index contributed by atoms with van der Waals surface area (Å²) in [6.45, 7) is 1.55. The van der Waals surface area contributed by atoms with Crippen molar-refractivity contribution in [1.82, 2.24) is 14.7 Å². The number of alkyl halides is 1. The van der Waals surface area contributed by atoms with Crippen molar-refractivity contribution in [2.45, 2.75) is 43.4 Å². The highest BCUT2D eigenvalue weighted by Crippen LogP contribution is 2.45. The number of urea groups is 1. The average Bonchev–Trinajstić information content (AvgIpc) is 3.26. The maximum atomic E-state index is 15.0. The molecular formula is C28H35F3N4O. The van der Waals surface area contributed by atoms with Gasteiger partial charge in [-0.15, -0.1) is 0 Å². The van der Waals surface area contributed by atoms with E-state index in [-0.39, 0.29) is 24.7 Å². The standard InChI is InChI=1S/C28H35F3N4O/c1-33-15-12-26(25(31)19-33)34(2)27(36)35-18-20(23-16-22(29)10-11-24(23)30)17-28(35,13-6-7-14-32)21-8-4-3-5-9-21/h3-5,8-11,16-17,25-26H,6-7,12-15,18-19,32H2,1-2H3/t25?,26?,28-/m0/s1. The molecule has 0 saturated carbocycles. The fourth-order valence-electron chi connectivity index (χ4n) is 5.54. The van der Waals surface area contributed by atoms with Crippen molar-refractivity contribution in [1.29, 1.82) is 0 Å². The number of nitrogens with zero attached hydrogens (tertiary/aromatic N) is 3. The predicted molar refractivity (Wildman–Crippen MR) is 136 cm³/mol. The lowest BCUT2D eigenvalue weighted by Crippen LogP contribution is -2.57. The van der Waals surface area contributed by atoms with E-state index >= 15 is 4.39 Å². The van der Waals surface area contributed by atoms with Crippen molar-refractivity contribution < 1.29 is 18.0 Å². The number of benzene rings is 2. The summed E-state index contributed by atoms with van der Waals surface area (Å²) in [6, 6.07) is 12.1. The molecule has 0 bridgehead atoms. The van der Waals surface area contributed by atoms with Gasteiger partial charge in [0.1, 0.15) is 17.8 Å². The van der Waals surface area contributed by atoms with E-state index in [2.05, 4.69) is 0 Å². The first kappa shape index (κ1) is 26.2. The van der Waals surface area contributed by atoms with Gasteiger partial charge in [0.2, 0.25) is 0 Å². The molecule has 2 aliphatic heterocycles. The van der Waals surface area contributed by atoms with E-state index < -0.39 is 29.4 Å². The van der Waals surface area contributed by atoms with Crippen molar-refractivity contribution in [3.05, 3.63) is 77.4 Å². The third kappa shape index (κ3) is 5.15. The van der Waals surface area contributed by atoms with E-state index in [1.165, 1.54) is 11.0 Å². The summed E-state index contributed by atoms with van der Waals surface area (Å²) in [6.07, 6.45) is 3.29. The normalized spacial score (nSPS) is 24.6. The Kier molecular flexibility index (Phi) is 8.05. The molecule has 2 N–H and O–H groups in total. The number of unbranched alkanes of at least 4 members (excludes halogenated alkanes) is 1. The Morgan fingerprint density at radius 3 is 2.61 bits per heavy atom.